The lowest BCUT2D eigenvalue weighted by molar-refractivity contribution is -0.136. The molecular weight excluding hydrogens is 214 g/mol. The van der Waals surface area contributed by atoms with Gasteiger partial charge in [-0.25, -0.2) is 0 Å². The molecule has 1 aromatic carbocycles. The Morgan fingerprint density at radius 2 is 2.12 bits per heavy atom. The van der Waals surface area contributed by atoms with Crippen molar-refractivity contribution in [2.45, 2.75) is 32.1 Å². The maximum Gasteiger partial charge on any atom is 0.307 e. The van der Waals surface area contributed by atoms with E-state index in [1.54, 1.807) is 0 Å². The molecule has 2 aromatic rings. The van der Waals surface area contributed by atoms with Crippen molar-refractivity contribution in [3.05, 3.63) is 35.0 Å². The van der Waals surface area contributed by atoms with E-state index in [0.717, 1.165) is 23.9 Å². The second-order valence-electron chi connectivity index (χ2n) is 4.74. The van der Waals surface area contributed by atoms with Crippen molar-refractivity contribution in [2.75, 3.05) is 0 Å². The Morgan fingerprint density at radius 1 is 1.29 bits per heavy atom. The van der Waals surface area contributed by atoms with E-state index < -0.39 is 5.97 Å². The standard InChI is InChI=1S/C14H15NO2/c16-14(17)8-9-5-6-11-10-3-1-2-4-12(10)15-13(11)7-9/h5-7,15H,1-4,8H2,(H,16,17). The van der Waals surface area contributed by atoms with Crippen molar-refractivity contribution in [3.63, 3.8) is 0 Å². The summed E-state index contributed by atoms with van der Waals surface area (Å²) in [5.41, 5.74) is 4.74. The fourth-order valence-electron chi connectivity index (χ4n) is 2.75. The number of carboxylic acid groups (broad SMARTS) is 1. The second kappa shape index (κ2) is 3.91. The summed E-state index contributed by atoms with van der Waals surface area (Å²) in [5.74, 6) is -0.777. The Balaban J connectivity index is 2.08. The van der Waals surface area contributed by atoms with Gasteiger partial charge in [-0.2, -0.15) is 0 Å². The summed E-state index contributed by atoms with van der Waals surface area (Å²) in [7, 11) is 0. The lowest BCUT2D eigenvalue weighted by Gasteiger charge is -2.10. The monoisotopic (exact) mass is 229 g/mol. The molecule has 3 nitrogen and oxygen atoms in total. The summed E-state index contributed by atoms with van der Waals surface area (Å²) in [6.45, 7) is 0. The van der Waals surface area contributed by atoms with Crippen molar-refractivity contribution in [1.29, 1.82) is 0 Å². The molecular formula is C14H15NO2. The third-order valence-corrected chi connectivity index (χ3v) is 3.52. The van der Waals surface area contributed by atoms with Crippen LogP contribution in [0.15, 0.2) is 18.2 Å². The summed E-state index contributed by atoms with van der Waals surface area (Å²) >= 11 is 0. The van der Waals surface area contributed by atoms with Gasteiger partial charge in [0.05, 0.1) is 6.42 Å². The molecule has 1 heterocycles. The van der Waals surface area contributed by atoms with Crippen LogP contribution in [0.2, 0.25) is 0 Å². The largest absolute Gasteiger partial charge is 0.481 e. The van der Waals surface area contributed by atoms with E-state index >= 15 is 0 Å². The van der Waals surface area contributed by atoms with Gasteiger partial charge >= 0.3 is 5.97 Å². The molecule has 0 fully saturated rings. The Bertz CT molecular complexity index is 583. The molecule has 0 radical (unpaired) electrons. The molecule has 0 saturated carbocycles. The van der Waals surface area contributed by atoms with Crippen LogP contribution < -0.4 is 0 Å². The van der Waals surface area contributed by atoms with Gasteiger partial charge in [0.15, 0.2) is 0 Å². The number of nitrogens with one attached hydrogen (secondary N) is 1. The molecule has 1 aliphatic carbocycles. The summed E-state index contributed by atoms with van der Waals surface area (Å²) in [6, 6.07) is 5.97. The molecule has 17 heavy (non-hydrogen) atoms. The third kappa shape index (κ3) is 1.82. The number of H-pyrrole nitrogens is 1. The Morgan fingerprint density at radius 3 is 2.94 bits per heavy atom. The van der Waals surface area contributed by atoms with Gasteiger partial charge in [0.1, 0.15) is 0 Å². The van der Waals surface area contributed by atoms with E-state index in [4.69, 9.17) is 5.11 Å². The first kappa shape index (κ1) is 10.4. The van der Waals surface area contributed by atoms with Crippen molar-refractivity contribution in [3.8, 4) is 0 Å². The zero-order valence-corrected chi connectivity index (χ0v) is 9.62. The van der Waals surface area contributed by atoms with Crippen LogP contribution in [-0.4, -0.2) is 16.1 Å². The van der Waals surface area contributed by atoms with E-state index in [1.807, 2.05) is 12.1 Å². The fraction of sp³-hybridized carbons (Fsp3) is 0.357. The molecule has 0 unspecified atom stereocenters. The van der Waals surface area contributed by atoms with Crippen LogP contribution in [0.1, 0.15) is 29.7 Å². The van der Waals surface area contributed by atoms with Crippen LogP contribution in [0.25, 0.3) is 10.9 Å². The first-order valence-electron chi connectivity index (χ1n) is 6.08. The van der Waals surface area contributed by atoms with Gasteiger partial charge in [-0.1, -0.05) is 12.1 Å². The molecule has 0 bridgehead atoms. The van der Waals surface area contributed by atoms with Crippen LogP contribution in [0.5, 0.6) is 0 Å². The van der Waals surface area contributed by atoms with E-state index in [1.165, 1.54) is 29.5 Å². The lowest BCUT2D eigenvalue weighted by atomic mass is 9.95. The molecule has 0 amide bonds. The van der Waals surface area contributed by atoms with Crippen LogP contribution >= 0.6 is 0 Å². The van der Waals surface area contributed by atoms with Gasteiger partial charge in [0.25, 0.3) is 0 Å². The highest BCUT2D eigenvalue weighted by molar-refractivity contribution is 5.86. The smallest absolute Gasteiger partial charge is 0.307 e. The first-order valence-corrected chi connectivity index (χ1v) is 6.08. The second-order valence-corrected chi connectivity index (χ2v) is 4.74. The maximum atomic E-state index is 10.7. The minimum atomic E-state index is -0.777. The minimum Gasteiger partial charge on any atom is -0.481 e. The number of carboxylic acids is 1. The third-order valence-electron chi connectivity index (χ3n) is 3.52. The SMILES string of the molecule is O=C(O)Cc1ccc2c3c([nH]c2c1)CCCC3. The molecule has 0 saturated heterocycles. The van der Waals surface area contributed by atoms with Crippen LogP contribution in [0.3, 0.4) is 0 Å². The summed E-state index contributed by atoms with van der Waals surface area (Å²) in [5, 5.41) is 10.1. The normalized spacial score (nSPS) is 14.8. The first-order chi connectivity index (χ1) is 8.24. The Kier molecular flexibility index (Phi) is 2.39. The van der Waals surface area contributed by atoms with Crippen molar-refractivity contribution in [2.24, 2.45) is 0 Å². The quantitative estimate of drug-likeness (QED) is 0.831. The number of aliphatic carboxylic acids is 1. The van der Waals surface area contributed by atoms with E-state index in [-0.39, 0.29) is 6.42 Å². The zero-order valence-electron chi connectivity index (χ0n) is 9.62. The molecule has 0 atom stereocenters. The minimum absolute atomic E-state index is 0.0969. The van der Waals surface area contributed by atoms with Crippen LogP contribution in [-0.2, 0) is 24.1 Å². The van der Waals surface area contributed by atoms with Crippen LogP contribution in [0, 0.1) is 0 Å². The topological polar surface area (TPSA) is 53.1 Å². The highest BCUT2D eigenvalue weighted by Gasteiger charge is 2.15. The molecule has 3 rings (SSSR count). The highest BCUT2D eigenvalue weighted by Crippen LogP contribution is 2.29. The lowest BCUT2D eigenvalue weighted by Crippen LogP contribution is -2.00. The molecule has 0 spiro atoms. The maximum absolute atomic E-state index is 10.7. The Labute approximate surface area is 99.5 Å². The Hall–Kier alpha value is -1.77. The van der Waals surface area contributed by atoms with Crippen molar-refractivity contribution < 1.29 is 9.90 Å². The molecule has 1 aromatic heterocycles. The number of aromatic amines is 1. The molecule has 0 aliphatic heterocycles. The molecule has 3 heteroatoms. The molecule has 88 valence electrons. The number of benzene rings is 1. The van der Waals surface area contributed by atoms with E-state index in [2.05, 4.69) is 11.1 Å². The zero-order chi connectivity index (χ0) is 11.8. The number of aromatic nitrogens is 1. The van der Waals surface area contributed by atoms with Gasteiger partial charge in [-0.05, 0) is 42.9 Å². The number of aryl methyl sites for hydroxylation is 2. The summed E-state index contributed by atoms with van der Waals surface area (Å²) in [6.07, 6.45) is 4.88. The van der Waals surface area contributed by atoms with Gasteiger partial charge in [-0.15, -0.1) is 0 Å². The van der Waals surface area contributed by atoms with Crippen LogP contribution in [0.4, 0.5) is 0 Å². The van der Waals surface area contributed by atoms with Gasteiger partial charge < -0.3 is 10.1 Å². The highest BCUT2D eigenvalue weighted by atomic mass is 16.4. The van der Waals surface area contributed by atoms with Crippen molar-refractivity contribution >= 4 is 16.9 Å². The number of fused-ring (bicyclic) bond motifs is 3. The number of carbonyl (C=O) groups is 1. The summed E-state index contributed by atoms with van der Waals surface area (Å²) in [4.78, 5) is 14.1. The molecule has 2 N–H and O–H groups in total. The predicted molar refractivity (Wildman–Crippen MR) is 66.3 cm³/mol. The number of hydrogen-bond donors (Lipinski definition) is 2. The fourth-order valence-corrected chi connectivity index (χ4v) is 2.75. The predicted octanol–water partition coefficient (Wildman–Crippen LogP) is 2.67. The summed E-state index contributed by atoms with van der Waals surface area (Å²) < 4.78 is 0. The molecule has 1 aliphatic rings. The van der Waals surface area contributed by atoms with Gasteiger partial charge in [0, 0.05) is 16.6 Å². The number of rotatable bonds is 2. The number of hydrogen-bond acceptors (Lipinski definition) is 1. The van der Waals surface area contributed by atoms with E-state index in [9.17, 15) is 4.79 Å². The van der Waals surface area contributed by atoms with Gasteiger partial charge in [0.2, 0.25) is 0 Å². The van der Waals surface area contributed by atoms with E-state index in [0.29, 0.717) is 0 Å². The average molecular weight is 229 g/mol. The average Bonchev–Trinajstić information content (AvgIpc) is 2.65. The van der Waals surface area contributed by atoms with Gasteiger partial charge in [-0.3, -0.25) is 4.79 Å². The van der Waals surface area contributed by atoms with Crippen molar-refractivity contribution in [1.82, 2.24) is 4.98 Å².